The zero-order valence-electron chi connectivity index (χ0n) is 14.7. The molecule has 0 aliphatic carbocycles. The average Bonchev–Trinajstić information content (AvgIpc) is 2.65. The van der Waals surface area contributed by atoms with E-state index in [0.717, 1.165) is 11.1 Å². The Balaban J connectivity index is 2.21. The number of anilines is 1. The van der Waals surface area contributed by atoms with E-state index in [1.165, 1.54) is 38.5 Å². The summed E-state index contributed by atoms with van der Waals surface area (Å²) < 4.78 is 9.32. The van der Waals surface area contributed by atoms with Crippen molar-refractivity contribution in [3.8, 4) is 0 Å². The Labute approximate surface area is 151 Å². The predicted molar refractivity (Wildman–Crippen MR) is 98.0 cm³/mol. The largest absolute Gasteiger partial charge is 0.465 e. The van der Waals surface area contributed by atoms with Gasteiger partial charge in [-0.05, 0) is 36.8 Å². The lowest BCUT2D eigenvalue weighted by molar-refractivity contribution is -0.111. The van der Waals surface area contributed by atoms with Crippen LogP contribution >= 0.6 is 0 Å². The van der Waals surface area contributed by atoms with Crippen molar-refractivity contribution in [2.45, 2.75) is 6.92 Å². The van der Waals surface area contributed by atoms with Crippen LogP contribution in [0.2, 0.25) is 0 Å². The number of amides is 1. The summed E-state index contributed by atoms with van der Waals surface area (Å²) in [5, 5.41) is 2.62. The van der Waals surface area contributed by atoms with Crippen molar-refractivity contribution in [1.82, 2.24) is 0 Å². The summed E-state index contributed by atoms with van der Waals surface area (Å²) in [5.41, 5.74) is 2.55. The number of methoxy groups -OCH3 is 2. The Morgan fingerprint density at radius 1 is 0.885 bits per heavy atom. The molecule has 0 aliphatic heterocycles. The molecule has 2 aromatic rings. The maximum atomic E-state index is 12.1. The highest BCUT2D eigenvalue weighted by atomic mass is 16.5. The van der Waals surface area contributed by atoms with Crippen LogP contribution < -0.4 is 5.32 Å². The van der Waals surface area contributed by atoms with Gasteiger partial charge in [-0.1, -0.05) is 29.8 Å². The second kappa shape index (κ2) is 8.62. The van der Waals surface area contributed by atoms with Crippen molar-refractivity contribution in [3.05, 3.63) is 70.8 Å². The van der Waals surface area contributed by atoms with Gasteiger partial charge in [0.25, 0.3) is 0 Å². The van der Waals surface area contributed by atoms with Crippen LogP contribution in [0.1, 0.15) is 31.8 Å². The summed E-state index contributed by atoms with van der Waals surface area (Å²) in [5.74, 6) is -1.65. The van der Waals surface area contributed by atoms with Crippen LogP contribution in [0.5, 0.6) is 0 Å². The number of ether oxygens (including phenoxy) is 2. The first-order valence-electron chi connectivity index (χ1n) is 7.80. The number of carbonyl (C=O) groups is 3. The first-order valence-corrected chi connectivity index (χ1v) is 7.80. The van der Waals surface area contributed by atoms with Gasteiger partial charge in [-0.15, -0.1) is 0 Å². The van der Waals surface area contributed by atoms with Gasteiger partial charge in [-0.2, -0.15) is 0 Å². The summed E-state index contributed by atoms with van der Waals surface area (Å²) in [4.78, 5) is 35.6. The van der Waals surface area contributed by atoms with Gasteiger partial charge in [-0.3, -0.25) is 4.79 Å². The van der Waals surface area contributed by atoms with E-state index in [9.17, 15) is 14.4 Å². The Hall–Kier alpha value is -3.41. The molecule has 6 heteroatoms. The molecule has 0 spiro atoms. The number of esters is 2. The fourth-order valence-electron chi connectivity index (χ4n) is 2.20. The standard InChI is InChI=1S/C20H19NO5/c1-13-4-6-14(7-5-13)8-9-18(22)21-17-11-15(19(23)25-2)10-16(12-17)20(24)26-3/h4-12H,1-3H3,(H,21,22)/b9-8+. The molecule has 0 bridgehead atoms. The van der Waals surface area contributed by atoms with Crippen molar-refractivity contribution in [2.75, 3.05) is 19.5 Å². The van der Waals surface area contributed by atoms with E-state index < -0.39 is 17.8 Å². The lowest BCUT2D eigenvalue weighted by atomic mass is 10.1. The molecule has 26 heavy (non-hydrogen) atoms. The predicted octanol–water partition coefficient (Wildman–Crippen LogP) is 3.22. The SMILES string of the molecule is COC(=O)c1cc(NC(=O)/C=C/c2ccc(C)cc2)cc(C(=O)OC)c1. The third-order valence-electron chi connectivity index (χ3n) is 3.55. The molecular weight excluding hydrogens is 334 g/mol. The number of benzene rings is 2. The van der Waals surface area contributed by atoms with Crippen molar-refractivity contribution in [2.24, 2.45) is 0 Å². The van der Waals surface area contributed by atoms with Gasteiger partial charge in [0.1, 0.15) is 0 Å². The number of rotatable bonds is 5. The number of hydrogen-bond acceptors (Lipinski definition) is 5. The molecule has 0 aliphatic rings. The average molecular weight is 353 g/mol. The van der Waals surface area contributed by atoms with Gasteiger partial charge >= 0.3 is 11.9 Å². The fourth-order valence-corrected chi connectivity index (χ4v) is 2.20. The van der Waals surface area contributed by atoms with Crippen LogP contribution in [-0.2, 0) is 14.3 Å². The topological polar surface area (TPSA) is 81.7 Å². The third-order valence-corrected chi connectivity index (χ3v) is 3.55. The molecule has 0 radical (unpaired) electrons. The van der Waals surface area contributed by atoms with E-state index in [1.807, 2.05) is 31.2 Å². The Kier molecular flexibility index (Phi) is 6.27. The van der Waals surface area contributed by atoms with Gasteiger partial charge < -0.3 is 14.8 Å². The number of carbonyl (C=O) groups excluding carboxylic acids is 3. The third kappa shape index (κ3) is 5.04. The molecule has 2 aromatic carbocycles. The molecule has 0 heterocycles. The normalized spacial score (nSPS) is 10.4. The summed E-state index contributed by atoms with van der Waals surface area (Å²) in [6, 6.07) is 11.9. The second-order valence-electron chi connectivity index (χ2n) is 5.52. The molecule has 0 unspecified atom stereocenters. The summed E-state index contributed by atoms with van der Waals surface area (Å²) >= 11 is 0. The molecule has 0 saturated carbocycles. The van der Waals surface area contributed by atoms with Crippen LogP contribution in [0.15, 0.2) is 48.5 Å². The van der Waals surface area contributed by atoms with Crippen molar-refractivity contribution < 1.29 is 23.9 Å². The van der Waals surface area contributed by atoms with Crippen molar-refractivity contribution in [3.63, 3.8) is 0 Å². The monoisotopic (exact) mass is 353 g/mol. The van der Waals surface area contributed by atoms with Crippen LogP contribution in [-0.4, -0.2) is 32.1 Å². The first-order chi connectivity index (χ1) is 12.4. The number of nitrogens with one attached hydrogen (secondary N) is 1. The summed E-state index contributed by atoms with van der Waals surface area (Å²) in [7, 11) is 2.46. The zero-order valence-corrected chi connectivity index (χ0v) is 14.7. The highest BCUT2D eigenvalue weighted by Crippen LogP contribution is 2.17. The highest BCUT2D eigenvalue weighted by molar-refractivity contribution is 6.04. The Morgan fingerprint density at radius 3 is 1.92 bits per heavy atom. The van der Waals surface area contributed by atoms with E-state index in [0.29, 0.717) is 0 Å². The number of aryl methyl sites for hydroxylation is 1. The van der Waals surface area contributed by atoms with E-state index in [-0.39, 0.29) is 16.8 Å². The molecule has 1 N–H and O–H groups in total. The smallest absolute Gasteiger partial charge is 0.337 e. The molecule has 0 atom stereocenters. The van der Waals surface area contributed by atoms with Crippen LogP contribution in [0.25, 0.3) is 6.08 Å². The van der Waals surface area contributed by atoms with Gasteiger partial charge in [-0.25, -0.2) is 9.59 Å². The van der Waals surface area contributed by atoms with Crippen molar-refractivity contribution >= 4 is 29.6 Å². The second-order valence-corrected chi connectivity index (χ2v) is 5.52. The molecule has 6 nitrogen and oxygen atoms in total. The van der Waals surface area contributed by atoms with E-state index in [1.54, 1.807) is 6.08 Å². The van der Waals surface area contributed by atoms with E-state index in [4.69, 9.17) is 0 Å². The minimum absolute atomic E-state index is 0.133. The van der Waals surface area contributed by atoms with Gasteiger partial charge in [0.15, 0.2) is 0 Å². The molecule has 1 amide bonds. The van der Waals surface area contributed by atoms with Crippen LogP contribution in [0.4, 0.5) is 5.69 Å². The molecule has 134 valence electrons. The maximum absolute atomic E-state index is 12.1. The van der Waals surface area contributed by atoms with E-state index in [2.05, 4.69) is 14.8 Å². The zero-order chi connectivity index (χ0) is 19.1. The highest BCUT2D eigenvalue weighted by Gasteiger charge is 2.14. The molecule has 0 aromatic heterocycles. The van der Waals surface area contributed by atoms with Gasteiger partial charge in [0.05, 0.1) is 25.3 Å². The maximum Gasteiger partial charge on any atom is 0.337 e. The summed E-state index contributed by atoms with van der Waals surface area (Å²) in [6.07, 6.45) is 3.04. The fraction of sp³-hybridized carbons (Fsp3) is 0.150. The molecule has 0 fully saturated rings. The minimum atomic E-state index is -0.624. The lowest BCUT2D eigenvalue weighted by Gasteiger charge is -2.08. The van der Waals surface area contributed by atoms with Crippen LogP contribution in [0.3, 0.4) is 0 Å². The van der Waals surface area contributed by atoms with Crippen molar-refractivity contribution in [1.29, 1.82) is 0 Å². The Bertz CT molecular complexity index is 819. The minimum Gasteiger partial charge on any atom is -0.465 e. The van der Waals surface area contributed by atoms with Crippen LogP contribution in [0, 0.1) is 6.92 Å². The van der Waals surface area contributed by atoms with E-state index >= 15 is 0 Å². The number of hydrogen-bond donors (Lipinski definition) is 1. The molecular formula is C20H19NO5. The van der Waals surface area contributed by atoms with Gasteiger partial charge in [0, 0.05) is 11.8 Å². The quantitative estimate of drug-likeness (QED) is 0.659. The summed E-state index contributed by atoms with van der Waals surface area (Å²) in [6.45, 7) is 1.98. The Morgan fingerprint density at radius 2 is 1.42 bits per heavy atom. The lowest BCUT2D eigenvalue weighted by Crippen LogP contribution is -2.12. The first kappa shape index (κ1) is 18.9. The molecule has 0 saturated heterocycles. The molecule has 2 rings (SSSR count). The van der Waals surface area contributed by atoms with Gasteiger partial charge in [0.2, 0.25) is 5.91 Å².